The number of methoxy groups -OCH3 is 1. The lowest BCUT2D eigenvalue weighted by Crippen LogP contribution is -2.20. The largest absolute Gasteiger partial charge is 0.463 e. The van der Waals surface area contributed by atoms with Gasteiger partial charge in [-0.1, -0.05) is 0 Å². The molecular formula is C12H15N3O3. The fraction of sp³-hybridized carbons (Fsp3) is 0.333. The Kier molecular flexibility index (Phi) is 4.14. The maximum atomic E-state index is 11.4. The second kappa shape index (κ2) is 6.02. The summed E-state index contributed by atoms with van der Waals surface area (Å²) in [6, 6.07) is 3.64. The summed E-state index contributed by atoms with van der Waals surface area (Å²) < 4.78 is 11.6. The summed E-state index contributed by atoms with van der Waals surface area (Å²) >= 11 is 0. The molecule has 0 aliphatic carbocycles. The minimum absolute atomic E-state index is 0.254. The van der Waals surface area contributed by atoms with E-state index in [4.69, 9.17) is 4.42 Å². The summed E-state index contributed by atoms with van der Waals surface area (Å²) in [6.07, 6.45) is 5.13. The highest BCUT2D eigenvalue weighted by Gasteiger charge is 2.14. The zero-order valence-corrected chi connectivity index (χ0v) is 10.1. The molecule has 0 amide bonds. The molecule has 2 rings (SSSR count). The maximum absolute atomic E-state index is 11.4. The molecule has 0 unspecified atom stereocenters. The molecule has 0 saturated heterocycles. The van der Waals surface area contributed by atoms with E-state index in [-0.39, 0.29) is 5.76 Å². The standard InChI is InChI=1S/C12H15N3O3/c1-17-12(16)11-10(3-8-18-11)9-13-5-7-15-6-2-4-14-15/h2-4,6,8,13H,5,7,9H2,1H3. The molecule has 0 bridgehead atoms. The van der Waals surface area contributed by atoms with E-state index < -0.39 is 5.97 Å². The lowest BCUT2D eigenvalue weighted by Gasteiger charge is -2.04. The molecule has 0 atom stereocenters. The van der Waals surface area contributed by atoms with Gasteiger partial charge in [0, 0.05) is 31.0 Å². The Morgan fingerprint density at radius 1 is 1.61 bits per heavy atom. The number of aromatic nitrogens is 2. The monoisotopic (exact) mass is 249 g/mol. The normalized spacial score (nSPS) is 10.5. The quantitative estimate of drug-likeness (QED) is 0.612. The van der Waals surface area contributed by atoms with Gasteiger partial charge in [-0.2, -0.15) is 5.10 Å². The summed E-state index contributed by atoms with van der Waals surface area (Å²) in [5, 5.41) is 7.31. The van der Waals surface area contributed by atoms with Crippen LogP contribution in [0.5, 0.6) is 0 Å². The van der Waals surface area contributed by atoms with E-state index in [9.17, 15) is 4.79 Å². The zero-order chi connectivity index (χ0) is 12.8. The van der Waals surface area contributed by atoms with E-state index in [0.29, 0.717) is 6.54 Å². The Morgan fingerprint density at radius 3 is 3.22 bits per heavy atom. The summed E-state index contributed by atoms with van der Waals surface area (Å²) in [4.78, 5) is 11.4. The molecule has 6 heteroatoms. The molecule has 2 aromatic rings. The SMILES string of the molecule is COC(=O)c1occc1CNCCn1cccn1. The minimum Gasteiger partial charge on any atom is -0.463 e. The molecule has 0 aromatic carbocycles. The number of nitrogens with one attached hydrogen (secondary N) is 1. The number of esters is 1. The molecule has 1 N–H and O–H groups in total. The van der Waals surface area contributed by atoms with Gasteiger partial charge < -0.3 is 14.5 Å². The average Bonchev–Trinajstić information content (AvgIpc) is 3.04. The van der Waals surface area contributed by atoms with E-state index >= 15 is 0 Å². The highest BCUT2D eigenvalue weighted by Crippen LogP contribution is 2.11. The third-order valence-corrected chi connectivity index (χ3v) is 2.51. The van der Waals surface area contributed by atoms with Crippen LogP contribution in [0, 0.1) is 0 Å². The van der Waals surface area contributed by atoms with Gasteiger partial charge in [-0.05, 0) is 12.1 Å². The summed E-state index contributed by atoms with van der Waals surface area (Å²) in [7, 11) is 1.33. The van der Waals surface area contributed by atoms with E-state index in [2.05, 4.69) is 15.2 Å². The fourth-order valence-electron chi connectivity index (χ4n) is 1.60. The second-order valence-electron chi connectivity index (χ2n) is 3.71. The van der Waals surface area contributed by atoms with Gasteiger partial charge in [0.05, 0.1) is 19.9 Å². The number of rotatable bonds is 6. The van der Waals surface area contributed by atoms with Crippen molar-refractivity contribution in [2.24, 2.45) is 0 Å². The number of ether oxygens (including phenoxy) is 1. The summed E-state index contributed by atoms with van der Waals surface area (Å²) in [6.45, 7) is 2.09. The van der Waals surface area contributed by atoms with Gasteiger partial charge in [0.1, 0.15) is 0 Å². The zero-order valence-electron chi connectivity index (χ0n) is 10.1. The van der Waals surface area contributed by atoms with Crippen molar-refractivity contribution >= 4 is 5.97 Å². The molecular weight excluding hydrogens is 234 g/mol. The molecule has 0 spiro atoms. The topological polar surface area (TPSA) is 69.3 Å². The molecule has 0 radical (unpaired) electrons. The van der Waals surface area contributed by atoms with Crippen molar-refractivity contribution in [3.63, 3.8) is 0 Å². The molecule has 0 fully saturated rings. The predicted octanol–water partition coefficient (Wildman–Crippen LogP) is 1.05. The van der Waals surface area contributed by atoms with Gasteiger partial charge in [0.25, 0.3) is 0 Å². The molecule has 6 nitrogen and oxygen atoms in total. The van der Waals surface area contributed by atoms with Gasteiger partial charge in [-0.3, -0.25) is 4.68 Å². The molecule has 2 aromatic heterocycles. The fourth-order valence-corrected chi connectivity index (χ4v) is 1.60. The number of nitrogens with zero attached hydrogens (tertiary/aromatic N) is 2. The van der Waals surface area contributed by atoms with Crippen molar-refractivity contribution < 1.29 is 13.9 Å². The van der Waals surface area contributed by atoms with Gasteiger partial charge >= 0.3 is 5.97 Å². The average molecular weight is 249 g/mol. The predicted molar refractivity (Wildman–Crippen MR) is 64.0 cm³/mol. The van der Waals surface area contributed by atoms with Crippen LogP contribution in [0.15, 0.2) is 35.2 Å². The van der Waals surface area contributed by atoms with Crippen LogP contribution in [-0.2, 0) is 17.8 Å². The Balaban J connectivity index is 1.80. The van der Waals surface area contributed by atoms with Crippen molar-refractivity contribution in [3.05, 3.63) is 42.1 Å². The number of hydrogen-bond donors (Lipinski definition) is 1. The van der Waals surface area contributed by atoms with Gasteiger partial charge in [-0.15, -0.1) is 0 Å². The summed E-state index contributed by atoms with van der Waals surface area (Å²) in [5.74, 6) is -0.201. The molecule has 96 valence electrons. The number of carbonyl (C=O) groups is 1. The van der Waals surface area contributed by atoms with E-state index in [1.807, 2.05) is 16.9 Å². The Hall–Kier alpha value is -2.08. The first kappa shape index (κ1) is 12.4. The van der Waals surface area contributed by atoms with Crippen LogP contribution in [0.25, 0.3) is 0 Å². The molecule has 18 heavy (non-hydrogen) atoms. The smallest absolute Gasteiger partial charge is 0.374 e. The number of hydrogen-bond acceptors (Lipinski definition) is 5. The lowest BCUT2D eigenvalue weighted by atomic mass is 10.2. The van der Waals surface area contributed by atoms with Crippen molar-refractivity contribution in [2.45, 2.75) is 13.1 Å². The molecule has 0 aliphatic rings. The second-order valence-corrected chi connectivity index (χ2v) is 3.71. The van der Waals surface area contributed by atoms with Gasteiger partial charge in [0.2, 0.25) is 5.76 Å². The number of carbonyl (C=O) groups excluding carboxylic acids is 1. The van der Waals surface area contributed by atoms with E-state index in [0.717, 1.165) is 18.7 Å². The van der Waals surface area contributed by atoms with Crippen molar-refractivity contribution in [1.29, 1.82) is 0 Å². The van der Waals surface area contributed by atoms with Crippen LogP contribution >= 0.6 is 0 Å². The van der Waals surface area contributed by atoms with Crippen LogP contribution in [-0.4, -0.2) is 29.4 Å². The van der Waals surface area contributed by atoms with Crippen LogP contribution in [0.4, 0.5) is 0 Å². The third kappa shape index (κ3) is 2.98. The maximum Gasteiger partial charge on any atom is 0.374 e. The van der Waals surface area contributed by atoms with E-state index in [1.54, 1.807) is 12.3 Å². The first-order chi connectivity index (χ1) is 8.81. The Morgan fingerprint density at radius 2 is 2.50 bits per heavy atom. The summed E-state index contributed by atoms with van der Waals surface area (Å²) in [5.41, 5.74) is 0.794. The number of furan rings is 1. The van der Waals surface area contributed by atoms with Crippen molar-refractivity contribution in [2.75, 3.05) is 13.7 Å². The Labute approximate surface area is 105 Å². The highest BCUT2D eigenvalue weighted by atomic mass is 16.5. The van der Waals surface area contributed by atoms with Gasteiger partial charge in [0.15, 0.2) is 0 Å². The molecule has 2 heterocycles. The highest BCUT2D eigenvalue weighted by molar-refractivity contribution is 5.87. The molecule has 0 saturated carbocycles. The Bertz CT molecular complexity index is 490. The van der Waals surface area contributed by atoms with Crippen molar-refractivity contribution in [1.82, 2.24) is 15.1 Å². The first-order valence-corrected chi connectivity index (χ1v) is 5.64. The van der Waals surface area contributed by atoms with Crippen LogP contribution in [0.3, 0.4) is 0 Å². The van der Waals surface area contributed by atoms with Gasteiger partial charge in [-0.25, -0.2) is 4.79 Å². The van der Waals surface area contributed by atoms with Crippen LogP contribution < -0.4 is 5.32 Å². The van der Waals surface area contributed by atoms with Crippen molar-refractivity contribution in [3.8, 4) is 0 Å². The minimum atomic E-state index is -0.455. The first-order valence-electron chi connectivity index (χ1n) is 5.64. The molecule has 0 aliphatic heterocycles. The van der Waals surface area contributed by atoms with E-state index in [1.165, 1.54) is 13.4 Å². The van der Waals surface area contributed by atoms with Crippen LogP contribution in [0.1, 0.15) is 16.1 Å². The van der Waals surface area contributed by atoms with Crippen LogP contribution in [0.2, 0.25) is 0 Å². The third-order valence-electron chi connectivity index (χ3n) is 2.51. The lowest BCUT2D eigenvalue weighted by molar-refractivity contribution is 0.0563.